The van der Waals surface area contributed by atoms with Gasteiger partial charge in [-0.25, -0.2) is 18.2 Å². The van der Waals surface area contributed by atoms with Gasteiger partial charge in [0.15, 0.2) is 11.6 Å². The molecule has 2 fully saturated rings. The molecule has 3 heterocycles. The first-order valence-electron chi connectivity index (χ1n) is 7.54. The van der Waals surface area contributed by atoms with E-state index in [1.165, 1.54) is 18.3 Å². The van der Waals surface area contributed by atoms with Crippen LogP contribution in [0.4, 0.5) is 19.0 Å². The number of rotatable bonds is 3. The maximum Gasteiger partial charge on any atom is 0.257 e. The Morgan fingerprint density at radius 3 is 2.77 bits per heavy atom. The number of halogens is 3. The Kier molecular flexibility index (Phi) is 4.03. The van der Waals surface area contributed by atoms with E-state index in [1.807, 2.05) is 4.90 Å². The molecule has 22 heavy (non-hydrogen) atoms. The fourth-order valence-corrected chi connectivity index (χ4v) is 3.61. The molecule has 0 amide bonds. The maximum atomic E-state index is 14.5. The van der Waals surface area contributed by atoms with Gasteiger partial charge in [0.05, 0.1) is 12.0 Å². The first-order chi connectivity index (χ1) is 10.5. The molecule has 2 saturated heterocycles. The van der Waals surface area contributed by atoms with Crippen molar-refractivity contribution in [3.8, 4) is 0 Å². The lowest BCUT2D eigenvalue weighted by atomic mass is 9.75. The van der Waals surface area contributed by atoms with Crippen molar-refractivity contribution in [3.05, 3.63) is 24.1 Å². The largest absolute Gasteiger partial charge is 0.395 e. The van der Waals surface area contributed by atoms with Crippen molar-refractivity contribution in [1.29, 1.82) is 0 Å². The standard InChI is InChI=1S/C15H20F3N3O/c16-12-2-1-5-19-13(12)21-7-3-14(11-21)10-20(8-9-22)6-4-15(14,17)18/h1-2,5,22H,3-4,6-11H2/t14-/m0/s1. The highest BCUT2D eigenvalue weighted by Gasteiger charge is 2.59. The zero-order chi connectivity index (χ0) is 15.8. The second-order valence-corrected chi connectivity index (χ2v) is 6.21. The number of nitrogens with zero attached hydrogens (tertiary/aromatic N) is 3. The zero-order valence-corrected chi connectivity index (χ0v) is 12.3. The highest BCUT2D eigenvalue weighted by atomic mass is 19.3. The Bertz CT molecular complexity index is 543. The Morgan fingerprint density at radius 1 is 1.23 bits per heavy atom. The molecule has 2 aliphatic heterocycles. The molecule has 1 atom stereocenters. The lowest BCUT2D eigenvalue weighted by Crippen LogP contribution is -2.57. The first kappa shape index (κ1) is 15.6. The summed E-state index contributed by atoms with van der Waals surface area (Å²) in [7, 11) is 0. The van der Waals surface area contributed by atoms with Crippen LogP contribution in [0.5, 0.6) is 0 Å². The molecule has 1 aromatic heterocycles. The van der Waals surface area contributed by atoms with E-state index in [1.54, 1.807) is 4.90 Å². The van der Waals surface area contributed by atoms with Crippen LogP contribution in [0.15, 0.2) is 18.3 Å². The first-order valence-corrected chi connectivity index (χ1v) is 7.54. The molecule has 0 aromatic carbocycles. The van der Waals surface area contributed by atoms with Gasteiger partial charge in [0.25, 0.3) is 5.92 Å². The van der Waals surface area contributed by atoms with E-state index >= 15 is 0 Å². The van der Waals surface area contributed by atoms with Crippen LogP contribution in [-0.4, -0.2) is 60.2 Å². The average molecular weight is 315 g/mol. The van der Waals surface area contributed by atoms with Gasteiger partial charge >= 0.3 is 0 Å². The monoisotopic (exact) mass is 315 g/mol. The molecule has 0 saturated carbocycles. The molecule has 0 aliphatic carbocycles. The minimum absolute atomic E-state index is 0.0414. The minimum Gasteiger partial charge on any atom is -0.395 e. The number of alkyl halides is 2. The summed E-state index contributed by atoms with van der Waals surface area (Å²) in [6.45, 7) is 1.33. The van der Waals surface area contributed by atoms with Crippen LogP contribution in [0.1, 0.15) is 12.8 Å². The summed E-state index contributed by atoms with van der Waals surface area (Å²) in [6.07, 6.45) is 1.56. The summed E-state index contributed by atoms with van der Waals surface area (Å²) in [6, 6.07) is 2.78. The van der Waals surface area contributed by atoms with E-state index in [2.05, 4.69) is 4.98 Å². The third-order valence-electron chi connectivity index (χ3n) is 4.85. The highest BCUT2D eigenvalue weighted by molar-refractivity contribution is 5.42. The normalized spacial score (nSPS) is 28.5. The van der Waals surface area contributed by atoms with Gasteiger partial charge in [-0.15, -0.1) is 0 Å². The molecule has 0 radical (unpaired) electrons. The van der Waals surface area contributed by atoms with Crippen LogP contribution < -0.4 is 4.90 Å². The summed E-state index contributed by atoms with van der Waals surface area (Å²) < 4.78 is 42.9. The van der Waals surface area contributed by atoms with E-state index in [0.717, 1.165) is 0 Å². The topological polar surface area (TPSA) is 39.6 Å². The molecule has 1 spiro atoms. The maximum absolute atomic E-state index is 14.5. The molecule has 7 heteroatoms. The number of hydrogen-bond acceptors (Lipinski definition) is 4. The molecule has 1 aromatic rings. The molecule has 0 bridgehead atoms. The summed E-state index contributed by atoms with van der Waals surface area (Å²) in [4.78, 5) is 7.48. The number of aliphatic hydroxyl groups excluding tert-OH is 1. The summed E-state index contributed by atoms with van der Waals surface area (Å²) in [5, 5.41) is 9.05. The van der Waals surface area contributed by atoms with Gasteiger partial charge in [0.1, 0.15) is 0 Å². The Hall–Kier alpha value is -1.34. The van der Waals surface area contributed by atoms with Crippen molar-refractivity contribution in [2.24, 2.45) is 5.41 Å². The molecule has 4 nitrogen and oxygen atoms in total. The van der Waals surface area contributed by atoms with Crippen LogP contribution in [-0.2, 0) is 0 Å². The highest BCUT2D eigenvalue weighted by Crippen LogP contribution is 2.50. The fraction of sp³-hybridized carbons (Fsp3) is 0.667. The van der Waals surface area contributed by atoms with Crippen LogP contribution in [0.2, 0.25) is 0 Å². The number of pyridine rings is 1. The van der Waals surface area contributed by atoms with E-state index in [4.69, 9.17) is 5.11 Å². The zero-order valence-electron chi connectivity index (χ0n) is 12.3. The van der Waals surface area contributed by atoms with Gasteiger partial charge in [-0.1, -0.05) is 0 Å². The molecule has 122 valence electrons. The van der Waals surface area contributed by atoms with Crippen molar-refractivity contribution < 1.29 is 18.3 Å². The van der Waals surface area contributed by atoms with E-state index in [9.17, 15) is 13.2 Å². The number of anilines is 1. The summed E-state index contributed by atoms with van der Waals surface area (Å²) in [5.74, 6) is -3.11. The predicted octanol–water partition coefficient (Wildman–Crippen LogP) is 1.75. The van der Waals surface area contributed by atoms with Gasteiger partial charge in [0, 0.05) is 45.3 Å². The number of likely N-dealkylation sites (tertiary alicyclic amines) is 1. The average Bonchev–Trinajstić information content (AvgIpc) is 2.90. The van der Waals surface area contributed by atoms with Crippen molar-refractivity contribution in [2.75, 3.05) is 44.2 Å². The predicted molar refractivity (Wildman–Crippen MR) is 76.5 cm³/mol. The number of hydrogen-bond donors (Lipinski definition) is 1. The van der Waals surface area contributed by atoms with Gasteiger partial charge < -0.3 is 10.0 Å². The number of β-amino-alcohol motifs (C(OH)–C–C–N with tert-alkyl or cyclic N) is 1. The number of aliphatic hydroxyl groups is 1. The van der Waals surface area contributed by atoms with E-state index in [0.29, 0.717) is 19.5 Å². The van der Waals surface area contributed by atoms with Crippen molar-refractivity contribution in [2.45, 2.75) is 18.8 Å². The number of aromatic nitrogens is 1. The molecule has 3 rings (SSSR count). The second-order valence-electron chi connectivity index (χ2n) is 6.21. The van der Waals surface area contributed by atoms with Crippen LogP contribution in [0.25, 0.3) is 0 Å². The molecular weight excluding hydrogens is 295 g/mol. The summed E-state index contributed by atoms with van der Waals surface area (Å²) in [5.41, 5.74) is -1.19. The molecule has 1 N–H and O–H groups in total. The smallest absolute Gasteiger partial charge is 0.257 e. The van der Waals surface area contributed by atoms with Crippen molar-refractivity contribution in [3.63, 3.8) is 0 Å². The molecule has 2 aliphatic rings. The lowest BCUT2D eigenvalue weighted by molar-refractivity contribution is -0.158. The Balaban J connectivity index is 1.82. The fourth-order valence-electron chi connectivity index (χ4n) is 3.61. The van der Waals surface area contributed by atoms with Crippen LogP contribution in [0, 0.1) is 11.2 Å². The third kappa shape index (κ3) is 2.56. The Labute approximate surface area is 127 Å². The summed E-state index contributed by atoms with van der Waals surface area (Å²) >= 11 is 0. The molecule has 0 unspecified atom stereocenters. The van der Waals surface area contributed by atoms with E-state index < -0.39 is 17.2 Å². The second kappa shape index (κ2) is 5.70. The van der Waals surface area contributed by atoms with Gasteiger partial charge in [-0.05, 0) is 18.6 Å². The van der Waals surface area contributed by atoms with Gasteiger partial charge in [-0.3, -0.25) is 4.90 Å². The quantitative estimate of drug-likeness (QED) is 0.922. The van der Waals surface area contributed by atoms with Crippen LogP contribution >= 0.6 is 0 Å². The van der Waals surface area contributed by atoms with Crippen molar-refractivity contribution in [1.82, 2.24) is 9.88 Å². The number of piperidine rings is 1. The minimum atomic E-state index is -2.78. The lowest BCUT2D eigenvalue weighted by Gasteiger charge is -2.45. The van der Waals surface area contributed by atoms with E-state index in [-0.39, 0.29) is 38.5 Å². The van der Waals surface area contributed by atoms with Gasteiger partial charge in [0.2, 0.25) is 0 Å². The van der Waals surface area contributed by atoms with Gasteiger partial charge in [-0.2, -0.15) is 0 Å². The van der Waals surface area contributed by atoms with Crippen molar-refractivity contribution >= 4 is 5.82 Å². The Morgan fingerprint density at radius 2 is 2.05 bits per heavy atom. The SMILES string of the molecule is OCCN1CCC(F)(F)[C@@]2(CCN(c3ncccc3F)C2)C1. The van der Waals surface area contributed by atoms with Crippen LogP contribution in [0.3, 0.4) is 0 Å². The third-order valence-corrected chi connectivity index (χ3v) is 4.85. The molecular formula is C15H20F3N3O.